The lowest BCUT2D eigenvalue weighted by atomic mass is 10.1. The summed E-state index contributed by atoms with van der Waals surface area (Å²) in [6, 6.07) is 13.3. The van der Waals surface area contributed by atoms with E-state index in [0.717, 1.165) is 17.8 Å². The first-order chi connectivity index (χ1) is 8.25. The van der Waals surface area contributed by atoms with E-state index in [4.69, 9.17) is 0 Å². The highest BCUT2D eigenvalue weighted by Gasteiger charge is 2.05. The van der Waals surface area contributed by atoms with Gasteiger partial charge in [-0.15, -0.1) is 0 Å². The van der Waals surface area contributed by atoms with Crippen molar-refractivity contribution < 1.29 is 5.11 Å². The van der Waals surface area contributed by atoms with Gasteiger partial charge in [0.05, 0.1) is 5.69 Å². The Bertz CT molecular complexity index is 471. The Balaban J connectivity index is 1.96. The molecule has 1 heterocycles. The first-order valence-corrected chi connectivity index (χ1v) is 5.68. The number of hydrogen-bond donors (Lipinski definition) is 2. The average molecular weight is 228 g/mol. The molecular formula is C14H16N2O. The van der Waals surface area contributed by atoms with Gasteiger partial charge in [-0.1, -0.05) is 18.2 Å². The van der Waals surface area contributed by atoms with Gasteiger partial charge in [0.15, 0.2) is 0 Å². The van der Waals surface area contributed by atoms with Crippen LogP contribution in [0.25, 0.3) is 0 Å². The standard InChI is InChI=1S/C14H16N2O/c1-11(12-5-4-7-14(17)9-12)16-10-13-6-2-3-8-15-13/h2-9,11,16-17H,10H2,1H3. The number of nitrogens with zero attached hydrogens (tertiary/aromatic N) is 1. The van der Waals surface area contributed by atoms with Crippen LogP contribution in [-0.4, -0.2) is 10.1 Å². The van der Waals surface area contributed by atoms with Crippen LogP contribution in [0, 0.1) is 0 Å². The van der Waals surface area contributed by atoms with E-state index in [0.29, 0.717) is 5.75 Å². The highest BCUT2D eigenvalue weighted by Crippen LogP contribution is 2.17. The third-order valence-corrected chi connectivity index (χ3v) is 2.69. The van der Waals surface area contributed by atoms with Gasteiger partial charge in [0.1, 0.15) is 5.75 Å². The minimum absolute atomic E-state index is 0.184. The van der Waals surface area contributed by atoms with Crippen molar-refractivity contribution in [1.29, 1.82) is 0 Å². The summed E-state index contributed by atoms with van der Waals surface area (Å²) in [6.45, 7) is 2.79. The first-order valence-electron chi connectivity index (χ1n) is 5.68. The largest absolute Gasteiger partial charge is 0.508 e. The van der Waals surface area contributed by atoms with Crippen LogP contribution in [0.5, 0.6) is 5.75 Å². The summed E-state index contributed by atoms with van der Waals surface area (Å²) in [5.74, 6) is 0.300. The molecule has 0 saturated heterocycles. The van der Waals surface area contributed by atoms with Crippen LogP contribution in [-0.2, 0) is 6.54 Å². The van der Waals surface area contributed by atoms with Crippen LogP contribution in [0.4, 0.5) is 0 Å². The third kappa shape index (κ3) is 3.29. The molecule has 1 aromatic heterocycles. The van der Waals surface area contributed by atoms with Crippen molar-refractivity contribution >= 4 is 0 Å². The van der Waals surface area contributed by atoms with Gasteiger partial charge in [0, 0.05) is 18.8 Å². The molecule has 88 valence electrons. The molecule has 3 heteroatoms. The number of aromatic hydroxyl groups is 1. The number of rotatable bonds is 4. The van der Waals surface area contributed by atoms with Gasteiger partial charge >= 0.3 is 0 Å². The van der Waals surface area contributed by atoms with Gasteiger partial charge in [-0.2, -0.15) is 0 Å². The van der Waals surface area contributed by atoms with Gasteiger partial charge in [-0.25, -0.2) is 0 Å². The molecule has 0 aliphatic heterocycles. The molecule has 1 unspecified atom stereocenters. The van der Waals surface area contributed by atoms with Crippen molar-refractivity contribution in [3.63, 3.8) is 0 Å². The predicted octanol–water partition coefficient (Wildman–Crippen LogP) is 2.64. The van der Waals surface area contributed by atoms with Crippen molar-refractivity contribution in [2.45, 2.75) is 19.5 Å². The molecule has 3 nitrogen and oxygen atoms in total. The monoisotopic (exact) mass is 228 g/mol. The fourth-order valence-electron chi connectivity index (χ4n) is 1.67. The molecule has 2 N–H and O–H groups in total. The summed E-state index contributed by atoms with van der Waals surface area (Å²) in [4.78, 5) is 4.25. The topological polar surface area (TPSA) is 45.2 Å². The number of aromatic nitrogens is 1. The summed E-state index contributed by atoms with van der Waals surface area (Å²) in [5.41, 5.74) is 2.08. The Hall–Kier alpha value is -1.87. The maximum Gasteiger partial charge on any atom is 0.115 e. The Kier molecular flexibility index (Phi) is 3.73. The maximum atomic E-state index is 9.41. The van der Waals surface area contributed by atoms with Crippen molar-refractivity contribution in [1.82, 2.24) is 10.3 Å². The van der Waals surface area contributed by atoms with Crippen LogP contribution in [0.1, 0.15) is 24.2 Å². The van der Waals surface area contributed by atoms with Crippen molar-refractivity contribution in [2.75, 3.05) is 0 Å². The van der Waals surface area contributed by atoms with Crippen LogP contribution in [0.15, 0.2) is 48.7 Å². The van der Waals surface area contributed by atoms with E-state index in [1.165, 1.54) is 0 Å². The van der Waals surface area contributed by atoms with Crippen LogP contribution < -0.4 is 5.32 Å². The lowest BCUT2D eigenvalue weighted by molar-refractivity contribution is 0.472. The molecule has 0 saturated carbocycles. The maximum absolute atomic E-state index is 9.41. The second-order valence-corrected chi connectivity index (χ2v) is 4.02. The van der Waals surface area contributed by atoms with Gasteiger partial charge < -0.3 is 10.4 Å². The normalized spacial score (nSPS) is 12.3. The van der Waals surface area contributed by atoms with Crippen molar-refractivity contribution in [2.24, 2.45) is 0 Å². The minimum Gasteiger partial charge on any atom is -0.508 e. The summed E-state index contributed by atoms with van der Waals surface area (Å²) < 4.78 is 0. The Morgan fingerprint density at radius 1 is 1.24 bits per heavy atom. The summed E-state index contributed by atoms with van der Waals surface area (Å²) >= 11 is 0. The molecule has 1 atom stereocenters. The number of hydrogen-bond acceptors (Lipinski definition) is 3. The van der Waals surface area contributed by atoms with E-state index < -0.39 is 0 Å². The number of phenolic OH excluding ortho intramolecular Hbond substituents is 1. The Morgan fingerprint density at radius 2 is 2.12 bits per heavy atom. The molecule has 2 rings (SSSR count). The summed E-state index contributed by atoms with van der Waals surface area (Å²) in [7, 11) is 0. The number of benzene rings is 1. The molecule has 17 heavy (non-hydrogen) atoms. The molecule has 1 aromatic carbocycles. The molecule has 2 aromatic rings. The van der Waals surface area contributed by atoms with E-state index in [-0.39, 0.29) is 6.04 Å². The van der Waals surface area contributed by atoms with E-state index >= 15 is 0 Å². The zero-order chi connectivity index (χ0) is 12.1. The lowest BCUT2D eigenvalue weighted by Crippen LogP contribution is -2.18. The molecule has 0 fully saturated rings. The van der Waals surface area contributed by atoms with Crippen molar-refractivity contribution in [3.05, 3.63) is 59.9 Å². The second kappa shape index (κ2) is 5.46. The van der Waals surface area contributed by atoms with E-state index in [9.17, 15) is 5.11 Å². The smallest absolute Gasteiger partial charge is 0.115 e. The van der Waals surface area contributed by atoms with Gasteiger partial charge in [-0.3, -0.25) is 4.98 Å². The van der Waals surface area contributed by atoms with E-state index in [2.05, 4.69) is 17.2 Å². The number of nitrogens with one attached hydrogen (secondary N) is 1. The van der Waals surface area contributed by atoms with Gasteiger partial charge in [-0.05, 0) is 36.8 Å². The molecule has 0 bridgehead atoms. The first kappa shape index (κ1) is 11.6. The molecule has 0 aliphatic rings. The minimum atomic E-state index is 0.184. The SMILES string of the molecule is CC(NCc1ccccn1)c1cccc(O)c1. The molecule has 0 radical (unpaired) electrons. The zero-order valence-corrected chi connectivity index (χ0v) is 9.80. The third-order valence-electron chi connectivity index (χ3n) is 2.69. The fraction of sp³-hybridized carbons (Fsp3) is 0.214. The number of pyridine rings is 1. The fourth-order valence-corrected chi connectivity index (χ4v) is 1.67. The Labute approximate surface area is 101 Å². The average Bonchev–Trinajstić information content (AvgIpc) is 2.37. The second-order valence-electron chi connectivity index (χ2n) is 4.02. The van der Waals surface area contributed by atoms with Crippen LogP contribution in [0.2, 0.25) is 0 Å². The van der Waals surface area contributed by atoms with Crippen LogP contribution in [0.3, 0.4) is 0 Å². The molecule has 0 amide bonds. The quantitative estimate of drug-likeness (QED) is 0.845. The highest BCUT2D eigenvalue weighted by atomic mass is 16.3. The van der Waals surface area contributed by atoms with Gasteiger partial charge in [0.2, 0.25) is 0 Å². The number of phenols is 1. The zero-order valence-electron chi connectivity index (χ0n) is 9.80. The summed E-state index contributed by atoms with van der Waals surface area (Å²) in [6.07, 6.45) is 1.79. The summed E-state index contributed by atoms with van der Waals surface area (Å²) in [5, 5.41) is 12.8. The highest BCUT2D eigenvalue weighted by molar-refractivity contribution is 5.29. The van der Waals surface area contributed by atoms with Crippen LogP contribution >= 0.6 is 0 Å². The molecule has 0 spiro atoms. The molecular weight excluding hydrogens is 212 g/mol. The predicted molar refractivity (Wildman–Crippen MR) is 67.6 cm³/mol. The van der Waals surface area contributed by atoms with Gasteiger partial charge in [0.25, 0.3) is 0 Å². The van der Waals surface area contributed by atoms with E-state index in [1.807, 2.05) is 30.3 Å². The Morgan fingerprint density at radius 3 is 2.82 bits per heavy atom. The lowest BCUT2D eigenvalue weighted by Gasteiger charge is -2.14. The van der Waals surface area contributed by atoms with E-state index in [1.54, 1.807) is 18.3 Å². The molecule has 0 aliphatic carbocycles. The van der Waals surface area contributed by atoms with Crippen molar-refractivity contribution in [3.8, 4) is 5.75 Å².